The van der Waals surface area contributed by atoms with Crippen LogP contribution in [0.3, 0.4) is 0 Å². The lowest BCUT2D eigenvalue weighted by Gasteiger charge is -2.30. The van der Waals surface area contributed by atoms with E-state index in [0.29, 0.717) is 36.5 Å². The van der Waals surface area contributed by atoms with Gasteiger partial charge in [0.15, 0.2) is 0 Å². The van der Waals surface area contributed by atoms with Gasteiger partial charge >= 0.3 is 0 Å². The Morgan fingerprint density at radius 2 is 2.06 bits per heavy atom. The highest BCUT2D eigenvalue weighted by Gasteiger charge is 2.27. The number of nitrogens with one attached hydrogen (secondary N) is 2. The second kappa shape index (κ2) is 8.71. The van der Waals surface area contributed by atoms with E-state index in [1.165, 1.54) is 12.1 Å². The van der Waals surface area contributed by atoms with Crippen LogP contribution >= 0.6 is 0 Å². The van der Waals surface area contributed by atoms with Crippen LogP contribution in [-0.4, -0.2) is 42.6 Å². The molecule has 5 rings (SSSR count). The number of hydrogen-bond donors (Lipinski definition) is 3. The van der Waals surface area contributed by atoms with Gasteiger partial charge in [0.1, 0.15) is 28.6 Å². The standard InChI is InChI=1S/C25H22FN5O4/c1-35-19-3-2-14(26)10-16(19)15-4-7-28-25-17(15)11-18(30-25)13-5-8-31(9-6-13)22-21(23(33)24(22)34)29-12-20(27)32/h2-5,7,10-11,29H,6,8-9,12H2,1H3,(H2,27,32)(H,28,30). The number of benzene rings is 1. The zero-order chi connectivity index (χ0) is 24.7. The fourth-order valence-electron chi connectivity index (χ4n) is 4.46. The summed E-state index contributed by atoms with van der Waals surface area (Å²) >= 11 is 0. The maximum Gasteiger partial charge on any atom is 0.253 e. The zero-order valence-electron chi connectivity index (χ0n) is 18.9. The molecule has 0 saturated carbocycles. The summed E-state index contributed by atoms with van der Waals surface area (Å²) in [5.41, 5.74) is 8.31. The highest BCUT2D eigenvalue weighted by Crippen LogP contribution is 2.37. The van der Waals surface area contributed by atoms with E-state index in [2.05, 4.69) is 15.3 Å². The molecule has 178 valence electrons. The summed E-state index contributed by atoms with van der Waals surface area (Å²) in [6, 6.07) is 8.18. The smallest absolute Gasteiger partial charge is 0.253 e. The molecular formula is C25H22FN5O4. The third-order valence-electron chi connectivity index (χ3n) is 6.18. The van der Waals surface area contributed by atoms with E-state index < -0.39 is 16.8 Å². The van der Waals surface area contributed by atoms with Crippen molar-refractivity contribution in [2.45, 2.75) is 6.42 Å². The van der Waals surface area contributed by atoms with Crippen LogP contribution in [0.5, 0.6) is 5.75 Å². The minimum absolute atomic E-state index is 0.133. The van der Waals surface area contributed by atoms with Gasteiger partial charge < -0.3 is 25.7 Å². The number of halogens is 1. The molecule has 0 atom stereocenters. The quantitative estimate of drug-likeness (QED) is 0.349. The van der Waals surface area contributed by atoms with Crippen LogP contribution in [0.1, 0.15) is 12.1 Å². The maximum atomic E-state index is 14.0. The van der Waals surface area contributed by atoms with Gasteiger partial charge in [0.25, 0.3) is 10.9 Å². The lowest BCUT2D eigenvalue weighted by Crippen LogP contribution is -2.44. The molecule has 4 N–H and O–H groups in total. The second-order valence-electron chi connectivity index (χ2n) is 8.28. The molecule has 0 aliphatic carbocycles. The Kier molecular flexibility index (Phi) is 5.56. The van der Waals surface area contributed by atoms with E-state index in [0.717, 1.165) is 22.2 Å². The van der Waals surface area contributed by atoms with Crippen LogP contribution in [0.4, 0.5) is 15.8 Å². The van der Waals surface area contributed by atoms with Crippen molar-refractivity contribution in [1.29, 1.82) is 0 Å². The average Bonchev–Trinajstić information content (AvgIpc) is 3.30. The first-order valence-corrected chi connectivity index (χ1v) is 11.0. The van der Waals surface area contributed by atoms with Crippen LogP contribution < -0.4 is 31.5 Å². The number of anilines is 2. The molecule has 35 heavy (non-hydrogen) atoms. The van der Waals surface area contributed by atoms with Crippen molar-refractivity contribution >= 4 is 33.9 Å². The monoisotopic (exact) mass is 475 g/mol. The summed E-state index contributed by atoms with van der Waals surface area (Å²) in [7, 11) is 1.54. The van der Waals surface area contributed by atoms with Gasteiger partial charge in [0.05, 0.1) is 13.7 Å². The molecule has 1 aliphatic heterocycles. The molecule has 10 heteroatoms. The number of H-pyrrole nitrogens is 1. The average molecular weight is 475 g/mol. The number of pyridine rings is 1. The van der Waals surface area contributed by atoms with Gasteiger partial charge in [-0.3, -0.25) is 14.4 Å². The molecule has 0 radical (unpaired) electrons. The predicted molar refractivity (Wildman–Crippen MR) is 132 cm³/mol. The van der Waals surface area contributed by atoms with Crippen LogP contribution in [0.2, 0.25) is 0 Å². The van der Waals surface area contributed by atoms with E-state index in [4.69, 9.17) is 10.5 Å². The van der Waals surface area contributed by atoms with E-state index in [-0.39, 0.29) is 23.7 Å². The van der Waals surface area contributed by atoms with Gasteiger partial charge in [-0.15, -0.1) is 0 Å². The molecule has 3 heterocycles. The second-order valence-corrected chi connectivity index (χ2v) is 8.28. The summed E-state index contributed by atoms with van der Waals surface area (Å²) in [4.78, 5) is 44.7. The lowest BCUT2D eigenvalue weighted by atomic mass is 10.0. The first-order chi connectivity index (χ1) is 16.9. The van der Waals surface area contributed by atoms with Crippen LogP contribution in [0.15, 0.2) is 52.2 Å². The number of fused-ring (bicyclic) bond motifs is 1. The van der Waals surface area contributed by atoms with Gasteiger partial charge in [0, 0.05) is 35.9 Å². The predicted octanol–water partition coefficient (Wildman–Crippen LogP) is 2.16. The highest BCUT2D eigenvalue weighted by atomic mass is 19.1. The number of carbonyl (C=O) groups excluding carboxylic acids is 1. The number of methoxy groups -OCH3 is 1. The molecule has 1 aliphatic rings. The molecule has 0 saturated heterocycles. The summed E-state index contributed by atoms with van der Waals surface area (Å²) in [5.74, 6) is -0.421. The molecule has 2 aromatic carbocycles. The summed E-state index contributed by atoms with van der Waals surface area (Å²) < 4.78 is 19.4. The molecule has 4 aromatic rings. The van der Waals surface area contributed by atoms with Crippen molar-refractivity contribution in [3.8, 4) is 16.9 Å². The first kappa shape index (κ1) is 22.3. The molecule has 0 unspecified atom stereocenters. The number of aromatic nitrogens is 2. The van der Waals surface area contributed by atoms with E-state index >= 15 is 0 Å². The number of amides is 1. The van der Waals surface area contributed by atoms with Crippen molar-refractivity contribution in [2.75, 3.05) is 37.0 Å². The zero-order valence-corrected chi connectivity index (χ0v) is 18.9. The number of carbonyl (C=O) groups is 1. The number of primary amides is 1. The summed E-state index contributed by atoms with van der Waals surface area (Å²) in [5, 5.41) is 3.49. The molecular weight excluding hydrogens is 453 g/mol. The topological polar surface area (TPSA) is 130 Å². The van der Waals surface area contributed by atoms with E-state index in [1.54, 1.807) is 24.3 Å². The van der Waals surface area contributed by atoms with Crippen LogP contribution in [0, 0.1) is 5.82 Å². The van der Waals surface area contributed by atoms with E-state index in [9.17, 15) is 18.8 Å². The molecule has 2 aromatic heterocycles. The maximum absolute atomic E-state index is 14.0. The Balaban J connectivity index is 1.44. The Labute approximate surface area is 198 Å². The number of aromatic amines is 1. The normalized spacial score (nSPS) is 13.8. The Hall–Kier alpha value is -4.47. The number of rotatable bonds is 7. The van der Waals surface area contributed by atoms with Crippen molar-refractivity contribution in [1.82, 2.24) is 9.97 Å². The van der Waals surface area contributed by atoms with Crippen molar-refractivity contribution in [3.05, 3.63) is 74.6 Å². The fraction of sp³-hybridized carbons (Fsp3) is 0.200. The molecule has 9 nitrogen and oxygen atoms in total. The van der Waals surface area contributed by atoms with Gasteiger partial charge in [-0.2, -0.15) is 0 Å². The molecule has 0 bridgehead atoms. The van der Waals surface area contributed by atoms with E-state index in [1.807, 2.05) is 18.2 Å². The SMILES string of the molecule is COc1ccc(F)cc1-c1ccnc2[nH]c(C3=CCN(c4c(NCC(N)=O)c(=O)c4=O)CC3)cc12. The van der Waals surface area contributed by atoms with Gasteiger partial charge in [-0.25, -0.2) is 9.37 Å². The summed E-state index contributed by atoms with van der Waals surface area (Å²) in [6.45, 7) is 0.710. The third-order valence-corrected chi connectivity index (χ3v) is 6.18. The Morgan fingerprint density at radius 3 is 2.77 bits per heavy atom. The fourth-order valence-corrected chi connectivity index (χ4v) is 4.46. The Morgan fingerprint density at radius 1 is 1.23 bits per heavy atom. The molecule has 0 spiro atoms. The third kappa shape index (κ3) is 3.92. The highest BCUT2D eigenvalue weighted by molar-refractivity contribution is 5.97. The summed E-state index contributed by atoms with van der Waals surface area (Å²) in [6.07, 6.45) is 4.25. The largest absolute Gasteiger partial charge is 0.496 e. The number of ether oxygens (including phenoxy) is 1. The van der Waals surface area contributed by atoms with Crippen molar-refractivity contribution < 1.29 is 13.9 Å². The van der Waals surface area contributed by atoms with Gasteiger partial charge in [0.2, 0.25) is 5.91 Å². The molecule has 1 amide bonds. The first-order valence-electron chi connectivity index (χ1n) is 11.0. The number of hydrogen-bond acceptors (Lipinski definition) is 7. The minimum Gasteiger partial charge on any atom is -0.496 e. The number of nitrogens with two attached hydrogens (primary N) is 1. The minimum atomic E-state index is -0.641. The Bertz CT molecular complexity index is 1560. The van der Waals surface area contributed by atoms with Crippen molar-refractivity contribution in [3.63, 3.8) is 0 Å². The van der Waals surface area contributed by atoms with Crippen LogP contribution in [-0.2, 0) is 4.79 Å². The lowest BCUT2D eigenvalue weighted by molar-refractivity contribution is -0.116. The van der Waals surface area contributed by atoms with Gasteiger partial charge in [-0.05, 0) is 47.9 Å². The molecule has 0 fully saturated rings. The van der Waals surface area contributed by atoms with Crippen LogP contribution in [0.25, 0.3) is 27.7 Å². The van der Waals surface area contributed by atoms with Gasteiger partial charge in [-0.1, -0.05) is 6.08 Å². The van der Waals surface area contributed by atoms with Crippen molar-refractivity contribution in [2.24, 2.45) is 5.73 Å². The number of nitrogens with zero attached hydrogens (tertiary/aromatic N) is 2.